The van der Waals surface area contributed by atoms with Crippen LogP contribution in [0.1, 0.15) is 39.7 Å². The summed E-state index contributed by atoms with van der Waals surface area (Å²) in [5.41, 5.74) is 7.46. The summed E-state index contributed by atoms with van der Waals surface area (Å²) < 4.78 is 3.77. The monoisotopic (exact) mass is 480 g/mol. The molecule has 0 aromatic heterocycles. The summed E-state index contributed by atoms with van der Waals surface area (Å²) in [7, 11) is 0. The van der Waals surface area contributed by atoms with Crippen LogP contribution in [0.4, 0.5) is 0 Å². The van der Waals surface area contributed by atoms with Crippen molar-refractivity contribution in [3.8, 4) is 0 Å². The second kappa shape index (κ2) is 9.87. The fourth-order valence-electron chi connectivity index (χ4n) is 4.14. The van der Waals surface area contributed by atoms with Crippen molar-refractivity contribution in [2.45, 2.75) is 47.2 Å². The van der Waals surface area contributed by atoms with Crippen molar-refractivity contribution in [1.82, 2.24) is 0 Å². The van der Waals surface area contributed by atoms with Gasteiger partial charge >= 0.3 is 156 Å². The van der Waals surface area contributed by atoms with Crippen LogP contribution < -0.4 is 24.8 Å². The van der Waals surface area contributed by atoms with E-state index in [-0.39, 0.29) is 30.2 Å². The maximum absolute atomic E-state index is 2.57. The number of hydrogen-bond acceptors (Lipinski definition) is 0. The van der Waals surface area contributed by atoms with E-state index in [1.807, 2.05) is 6.56 Å². The van der Waals surface area contributed by atoms with Gasteiger partial charge in [-0.15, -0.1) is 0 Å². The Kier molecular flexibility index (Phi) is 9.08. The Morgan fingerprint density at radius 3 is 2.12 bits per heavy atom. The van der Waals surface area contributed by atoms with Crippen molar-refractivity contribution in [2.24, 2.45) is 5.92 Å². The number of benzene rings is 1. The average molecular weight is 483 g/mol. The molecule has 0 saturated carbocycles. The summed E-state index contributed by atoms with van der Waals surface area (Å²) in [6.07, 6.45) is 6.20. The smallest absolute Gasteiger partial charge is 1.00 e. The third kappa shape index (κ3) is 4.64. The molecule has 0 spiro atoms. The molecule has 0 saturated heterocycles. The van der Waals surface area contributed by atoms with Crippen molar-refractivity contribution in [3.05, 3.63) is 71.3 Å². The summed E-state index contributed by atoms with van der Waals surface area (Å²) in [6, 6.07) is 11.0. The largest absolute Gasteiger partial charge is 1.00 e. The minimum atomic E-state index is -1.73. The molecule has 0 fully saturated rings. The molecule has 0 aliphatic heterocycles. The molecule has 2 aliphatic carbocycles. The normalized spacial score (nSPS) is 18.6. The van der Waals surface area contributed by atoms with Gasteiger partial charge in [-0.05, 0) is 0 Å². The first-order valence-electron chi connectivity index (χ1n) is 8.93. The molecule has 3 rings (SSSR count). The topological polar surface area (TPSA) is 0 Å². The molecule has 0 radical (unpaired) electrons. The molecule has 0 N–H and O–H groups in total. The van der Waals surface area contributed by atoms with Crippen LogP contribution in [-0.2, 0) is 20.4 Å². The Morgan fingerprint density at radius 1 is 1.00 bits per heavy atom. The number of halogens is 2. The third-order valence-electron chi connectivity index (χ3n) is 5.40. The molecule has 1 unspecified atom stereocenters. The van der Waals surface area contributed by atoms with E-state index < -0.39 is 20.4 Å². The molecule has 26 heavy (non-hydrogen) atoms. The molecule has 4 heteroatoms. The number of rotatable bonds is 3. The Hall–Kier alpha value is -0.140. The molecule has 1 atom stereocenters. The van der Waals surface area contributed by atoms with Crippen molar-refractivity contribution >= 4 is 11.0 Å². The first-order chi connectivity index (χ1) is 11.4. The summed E-state index contributed by atoms with van der Waals surface area (Å²) >= 11 is -1.73. The SMILES string of the molecule is CC1=CC(C)[C]([Zr+2]([C]2=C(C)C=C(c3ccccc3)C2)=[Si](C)C)=C1C.[Cl-].[Cl-]. The molecule has 0 amide bonds. The Morgan fingerprint density at radius 2 is 1.62 bits per heavy atom. The van der Waals surface area contributed by atoms with Crippen LogP contribution in [-0.4, -0.2) is 5.43 Å². The minimum Gasteiger partial charge on any atom is -1.00 e. The van der Waals surface area contributed by atoms with E-state index >= 15 is 0 Å². The van der Waals surface area contributed by atoms with Gasteiger partial charge in [-0.3, -0.25) is 0 Å². The molecular formula is C22H28Cl2SiZr. The number of allylic oxidation sites excluding steroid dienone is 8. The zero-order chi connectivity index (χ0) is 17.4. The van der Waals surface area contributed by atoms with Crippen LogP contribution in [0.25, 0.3) is 5.57 Å². The van der Waals surface area contributed by atoms with Gasteiger partial charge in [0.15, 0.2) is 0 Å². The van der Waals surface area contributed by atoms with E-state index in [4.69, 9.17) is 0 Å². The Labute approximate surface area is 179 Å². The van der Waals surface area contributed by atoms with Crippen LogP contribution in [0.15, 0.2) is 65.8 Å². The Bertz CT molecular complexity index is 838. The fraction of sp³-hybridized carbons (Fsp3) is 0.364. The van der Waals surface area contributed by atoms with Gasteiger partial charge in [0, 0.05) is 0 Å². The molecule has 138 valence electrons. The molecule has 0 bridgehead atoms. The Balaban J connectivity index is 0.00000169. The van der Waals surface area contributed by atoms with Gasteiger partial charge in [-0.1, -0.05) is 0 Å². The van der Waals surface area contributed by atoms with Crippen molar-refractivity contribution in [3.63, 3.8) is 0 Å². The second-order valence-corrected chi connectivity index (χ2v) is 24.4. The van der Waals surface area contributed by atoms with Crippen LogP contribution in [0.2, 0.25) is 13.1 Å². The molecule has 1 aromatic carbocycles. The molecule has 0 nitrogen and oxygen atoms in total. The van der Waals surface area contributed by atoms with Gasteiger partial charge in [0.1, 0.15) is 0 Å². The minimum absolute atomic E-state index is 0. The van der Waals surface area contributed by atoms with Crippen LogP contribution in [0.5, 0.6) is 0 Å². The molecule has 2 aliphatic rings. The summed E-state index contributed by atoms with van der Waals surface area (Å²) in [5, 5.41) is 0. The average Bonchev–Trinajstić information content (AvgIpc) is 3.04. The standard InChI is InChI=1S/C12H11.C8H11.C2H6Si.2ClH.Zr/c1-10-7-8-12(9-10)11-5-3-2-4-6-11;1-6-4-7(2)8(3)5-6;1-3-2;;;/h2-6,9H,8H2,1H3;4,6H,1-3H3;1-2H3;2*1H;/q;;;;;+2/p-2. The fourth-order valence-corrected chi connectivity index (χ4v) is 23.4. The van der Waals surface area contributed by atoms with E-state index in [0.29, 0.717) is 5.92 Å². The van der Waals surface area contributed by atoms with Crippen LogP contribution >= 0.6 is 0 Å². The van der Waals surface area contributed by atoms with Crippen molar-refractivity contribution in [1.29, 1.82) is 0 Å². The van der Waals surface area contributed by atoms with E-state index in [0.717, 1.165) is 0 Å². The first kappa shape index (κ1) is 23.9. The van der Waals surface area contributed by atoms with Crippen molar-refractivity contribution < 1.29 is 45.2 Å². The van der Waals surface area contributed by atoms with E-state index in [9.17, 15) is 0 Å². The summed E-state index contributed by atoms with van der Waals surface area (Å²) in [5.74, 6) is 0.681. The molecule has 1 aromatic rings. The summed E-state index contributed by atoms with van der Waals surface area (Å²) in [4.78, 5) is 0. The molecule has 0 heterocycles. The molecular weight excluding hydrogens is 454 g/mol. The van der Waals surface area contributed by atoms with E-state index in [2.05, 4.69) is 83.3 Å². The van der Waals surface area contributed by atoms with Crippen LogP contribution in [0.3, 0.4) is 0 Å². The van der Waals surface area contributed by atoms with E-state index in [1.165, 1.54) is 23.1 Å². The predicted molar refractivity (Wildman–Crippen MR) is 105 cm³/mol. The van der Waals surface area contributed by atoms with Gasteiger partial charge in [0.25, 0.3) is 0 Å². The van der Waals surface area contributed by atoms with Gasteiger partial charge in [-0.25, -0.2) is 0 Å². The maximum atomic E-state index is 2.57. The van der Waals surface area contributed by atoms with Gasteiger partial charge in [0.2, 0.25) is 0 Å². The predicted octanol–water partition coefficient (Wildman–Crippen LogP) is 0.495. The summed E-state index contributed by atoms with van der Waals surface area (Å²) in [6.45, 7) is 14.6. The zero-order valence-corrected chi connectivity index (χ0v) is 21.6. The zero-order valence-electron chi connectivity index (χ0n) is 16.6. The van der Waals surface area contributed by atoms with Gasteiger partial charge in [0.05, 0.1) is 0 Å². The van der Waals surface area contributed by atoms with Gasteiger partial charge in [-0.2, -0.15) is 0 Å². The third-order valence-corrected chi connectivity index (χ3v) is 23.4. The quantitative estimate of drug-likeness (QED) is 0.551. The van der Waals surface area contributed by atoms with Gasteiger partial charge < -0.3 is 24.8 Å². The number of hydrogen-bond donors (Lipinski definition) is 0. The second-order valence-electron chi connectivity index (χ2n) is 7.43. The van der Waals surface area contributed by atoms with Crippen LogP contribution in [0, 0.1) is 5.92 Å². The first-order valence-corrected chi connectivity index (χ1v) is 17.6. The van der Waals surface area contributed by atoms with E-state index in [1.54, 1.807) is 11.1 Å². The van der Waals surface area contributed by atoms with Crippen molar-refractivity contribution in [2.75, 3.05) is 0 Å². The maximum Gasteiger partial charge on any atom is -1.00 e.